The lowest BCUT2D eigenvalue weighted by molar-refractivity contribution is 0.313. The molecular formula is C18H23N3O. The van der Waals surface area contributed by atoms with Crippen molar-refractivity contribution in [1.82, 2.24) is 4.90 Å². The van der Waals surface area contributed by atoms with E-state index >= 15 is 0 Å². The number of phenols is 1. The van der Waals surface area contributed by atoms with E-state index in [-0.39, 0.29) is 0 Å². The van der Waals surface area contributed by atoms with Gasteiger partial charge in [0.1, 0.15) is 5.75 Å². The predicted molar refractivity (Wildman–Crippen MR) is 91.6 cm³/mol. The van der Waals surface area contributed by atoms with Crippen molar-refractivity contribution < 1.29 is 5.11 Å². The summed E-state index contributed by atoms with van der Waals surface area (Å²) in [6.45, 7) is 5.20. The number of piperazine rings is 1. The lowest BCUT2D eigenvalue weighted by atomic mass is 10.2. The molecule has 0 spiro atoms. The highest BCUT2D eigenvalue weighted by Crippen LogP contribution is 2.20. The molecule has 4 heteroatoms. The molecule has 1 aliphatic heterocycles. The first-order valence-corrected chi connectivity index (χ1v) is 7.76. The van der Waals surface area contributed by atoms with Crippen LogP contribution in [0.4, 0.5) is 11.4 Å². The van der Waals surface area contributed by atoms with Crippen molar-refractivity contribution in [2.45, 2.75) is 6.54 Å². The van der Waals surface area contributed by atoms with Crippen LogP contribution in [-0.4, -0.2) is 43.2 Å². The third kappa shape index (κ3) is 3.71. The lowest BCUT2D eigenvalue weighted by Crippen LogP contribution is -2.44. The van der Waals surface area contributed by atoms with E-state index in [1.165, 1.54) is 5.69 Å². The number of nitrogens with zero attached hydrogens (tertiary/aromatic N) is 2. The van der Waals surface area contributed by atoms with Gasteiger partial charge in [0.2, 0.25) is 0 Å². The van der Waals surface area contributed by atoms with E-state index in [0.29, 0.717) is 5.75 Å². The molecule has 0 amide bonds. The second-order valence-corrected chi connectivity index (χ2v) is 5.86. The smallest absolute Gasteiger partial charge is 0.115 e. The molecule has 2 aromatic rings. The van der Waals surface area contributed by atoms with Crippen molar-refractivity contribution in [2.24, 2.45) is 0 Å². The Balaban J connectivity index is 1.56. The fourth-order valence-electron chi connectivity index (χ4n) is 2.67. The number of aromatic hydroxyl groups is 1. The van der Waals surface area contributed by atoms with E-state index in [1.807, 2.05) is 12.1 Å². The van der Waals surface area contributed by atoms with Gasteiger partial charge in [-0.15, -0.1) is 0 Å². The van der Waals surface area contributed by atoms with Crippen LogP contribution in [0.15, 0.2) is 48.5 Å². The van der Waals surface area contributed by atoms with Crippen molar-refractivity contribution >= 4 is 11.4 Å². The Kier molecular flexibility index (Phi) is 4.49. The number of likely N-dealkylation sites (N-methyl/N-ethyl adjacent to an activating group) is 1. The van der Waals surface area contributed by atoms with Gasteiger partial charge < -0.3 is 20.2 Å². The predicted octanol–water partition coefficient (Wildman–Crippen LogP) is 2.76. The van der Waals surface area contributed by atoms with Crippen molar-refractivity contribution in [3.8, 4) is 5.75 Å². The van der Waals surface area contributed by atoms with Gasteiger partial charge in [-0.3, -0.25) is 0 Å². The molecule has 0 aromatic heterocycles. The van der Waals surface area contributed by atoms with Crippen molar-refractivity contribution in [1.29, 1.82) is 0 Å². The summed E-state index contributed by atoms with van der Waals surface area (Å²) in [7, 11) is 2.17. The molecule has 0 saturated carbocycles. The molecular weight excluding hydrogens is 274 g/mol. The van der Waals surface area contributed by atoms with Gasteiger partial charge in [-0.2, -0.15) is 0 Å². The fraction of sp³-hybridized carbons (Fsp3) is 0.333. The summed E-state index contributed by atoms with van der Waals surface area (Å²) in [6.07, 6.45) is 0. The lowest BCUT2D eigenvalue weighted by Gasteiger charge is -2.34. The SMILES string of the molecule is CN1CCN(c2ccc(NCc3ccc(O)cc3)cc2)CC1. The number of nitrogens with one attached hydrogen (secondary N) is 1. The minimum Gasteiger partial charge on any atom is -0.508 e. The van der Waals surface area contributed by atoms with E-state index in [4.69, 9.17) is 0 Å². The van der Waals surface area contributed by atoms with Gasteiger partial charge in [-0.1, -0.05) is 12.1 Å². The van der Waals surface area contributed by atoms with Gasteiger partial charge in [-0.05, 0) is 49.0 Å². The first-order valence-electron chi connectivity index (χ1n) is 7.76. The maximum atomic E-state index is 9.28. The molecule has 0 radical (unpaired) electrons. The highest BCUT2D eigenvalue weighted by Gasteiger charge is 2.13. The van der Waals surface area contributed by atoms with E-state index < -0.39 is 0 Å². The molecule has 0 aliphatic carbocycles. The molecule has 2 aromatic carbocycles. The largest absolute Gasteiger partial charge is 0.508 e. The molecule has 0 atom stereocenters. The Hall–Kier alpha value is -2.20. The van der Waals surface area contributed by atoms with Crippen LogP contribution < -0.4 is 10.2 Å². The van der Waals surface area contributed by atoms with E-state index in [1.54, 1.807) is 12.1 Å². The molecule has 22 heavy (non-hydrogen) atoms. The van der Waals surface area contributed by atoms with Gasteiger partial charge in [0, 0.05) is 44.1 Å². The Bertz CT molecular complexity index is 587. The molecule has 1 aliphatic rings. The summed E-state index contributed by atoms with van der Waals surface area (Å²) in [6, 6.07) is 15.9. The maximum Gasteiger partial charge on any atom is 0.115 e. The van der Waals surface area contributed by atoms with Gasteiger partial charge in [-0.25, -0.2) is 0 Å². The second-order valence-electron chi connectivity index (χ2n) is 5.86. The zero-order valence-corrected chi connectivity index (χ0v) is 13.0. The average molecular weight is 297 g/mol. The standard InChI is InChI=1S/C18H23N3O/c1-20-10-12-21(13-11-20)17-6-4-16(5-7-17)19-14-15-2-8-18(22)9-3-15/h2-9,19,22H,10-14H2,1H3. The molecule has 1 saturated heterocycles. The molecule has 116 valence electrons. The summed E-state index contributed by atoms with van der Waals surface area (Å²) in [5.41, 5.74) is 3.56. The highest BCUT2D eigenvalue weighted by atomic mass is 16.3. The van der Waals surface area contributed by atoms with Crippen LogP contribution in [0.1, 0.15) is 5.56 Å². The first-order chi connectivity index (χ1) is 10.7. The normalized spacial score (nSPS) is 15.8. The first kappa shape index (κ1) is 14.7. The van der Waals surface area contributed by atoms with Gasteiger partial charge >= 0.3 is 0 Å². The number of hydrogen-bond donors (Lipinski definition) is 2. The Morgan fingerprint density at radius 3 is 2.18 bits per heavy atom. The van der Waals surface area contributed by atoms with Crippen molar-refractivity contribution in [3.63, 3.8) is 0 Å². The van der Waals surface area contributed by atoms with Crippen LogP contribution in [0, 0.1) is 0 Å². The Morgan fingerprint density at radius 2 is 1.55 bits per heavy atom. The Morgan fingerprint density at radius 1 is 0.909 bits per heavy atom. The van der Waals surface area contributed by atoms with Gasteiger partial charge in [0.25, 0.3) is 0 Å². The van der Waals surface area contributed by atoms with Gasteiger partial charge in [0.15, 0.2) is 0 Å². The summed E-state index contributed by atoms with van der Waals surface area (Å²) in [5, 5.41) is 12.7. The van der Waals surface area contributed by atoms with Crippen LogP contribution >= 0.6 is 0 Å². The zero-order valence-electron chi connectivity index (χ0n) is 13.0. The minimum atomic E-state index is 0.306. The number of benzene rings is 2. The monoisotopic (exact) mass is 297 g/mol. The number of phenolic OH excluding ortho intramolecular Hbond substituents is 1. The fourth-order valence-corrected chi connectivity index (χ4v) is 2.67. The average Bonchev–Trinajstić information content (AvgIpc) is 2.56. The molecule has 1 heterocycles. The molecule has 2 N–H and O–H groups in total. The number of rotatable bonds is 4. The second kappa shape index (κ2) is 6.71. The summed E-state index contributed by atoms with van der Waals surface area (Å²) >= 11 is 0. The third-order valence-electron chi connectivity index (χ3n) is 4.17. The molecule has 0 bridgehead atoms. The van der Waals surface area contributed by atoms with E-state index in [9.17, 15) is 5.11 Å². The summed E-state index contributed by atoms with van der Waals surface area (Å²) in [5.74, 6) is 0.306. The quantitative estimate of drug-likeness (QED) is 0.910. The number of hydrogen-bond acceptors (Lipinski definition) is 4. The van der Waals surface area contributed by atoms with Crippen LogP contribution in [0.5, 0.6) is 5.75 Å². The van der Waals surface area contributed by atoms with Crippen LogP contribution in [0.2, 0.25) is 0 Å². The van der Waals surface area contributed by atoms with Gasteiger partial charge in [0.05, 0.1) is 0 Å². The molecule has 0 unspecified atom stereocenters. The zero-order chi connectivity index (χ0) is 15.4. The summed E-state index contributed by atoms with van der Waals surface area (Å²) < 4.78 is 0. The van der Waals surface area contributed by atoms with Crippen LogP contribution in [-0.2, 0) is 6.54 Å². The van der Waals surface area contributed by atoms with E-state index in [0.717, 1.165) is 44.0 Å². The topological polar surface area (TPSA) is 38.7 Å². The number of anilines is 2. The van der Waals surface area contributed by atoms with Crippen molar-refractivity contribution in [2.75, 3.05) is 43.4 Å². The van der Waals surface area contributed by atoms with Crippen molar-refractivity contribution in [3.05, 3.63) is 54.1 Å². The third-order valence-corrected chi connectivity index (χ3v) is 4.17. The maximum absolute atomic E-state index is 9.28. The minimum absolute atomic E-state index is 0.306. The van der Waals surface area contributed by atoms with E-state index in [2.05, 4.69) is 46.4 Å². The van der Waals surface area contributed by atoms with Crippen LogP contribution in [0.3, 0.4) is 0 Å². The highest BCUT2D eigenvalue weighted by molar-refractivity contribution is 5.55. The molecule has 1 fully saturated rings. The molecule has 3 rings (SSSR count). The molecule has 4 nitrogen and oxygen atoms in total. The van der Waals surface area contributed by atoms with Crippen LogP contribution in [0.25, 0.3) is 0 Å². The summed E-state index contributed by atoms with van der Waals surface area (Å²) in [4.78, 5) is 4.80. The Labute approximate surface area is 132 Å².